The van der Waals surface area contributed by atoms with Crippen molar-refractivity contribution in [2.45, 2.75) is 442 Å². The summed E-state index contributed by atoms with van der Waals surface area (Å²) in [4.78, 5) is 0. The molecule has 0 aromatic heterocycles. The zero-order valence-electron chi connectivity index (χ0n) is 89.2. The Morgan fingerprint density at radius 1 is 0.128 bits per heavy atom. The van der Waals surface area contributed by atoms with Gasteiger partial charge in [0.2, 0.25) is 0 Å². The molecule has 0 atom stereocenters. The molecule has 740 valence electrons. The summed E-state index contributed by atoms with van der Waals surface area (Å²) < 4.78 is 0. The largest absolute Gasteiger partial charge is 0.0726 e. The molecule has 0 fully saturated rings. The number of unbranched alkanes of at least 4 members (excludes halogenated alkanes) is 40. The van der Waals surface area contributed by atoms with Gasteiger partial charge in [0.05, 0.1) is 5.41 Å². The highest BCUT2D eigenvalue weighted by atomic mass is 14.6. The van der Waals surface area contributed by atoms with Gasteiger partial charge < -0.3 is 0 Å². The summed E-state index contributed by atoms with van der Waals surface area (Å²) in [6.07, 6.45) is 71.7. The SMILES string of the molecule is CCCCCCCCC1(CCCCCCCC)c2ccccc2-c2cccc(-c3ccc4c(c3)C3(c5cc(-c6cccc7c6C(CCCCCCCC)(CCCCCCCC)c6ccccc6-7)ccc5-4)c4cc(-c5cccc6c5C(CCCCCCCC)(CCCCCCCC)c5ccccc5-6)ccc4-c4ccc(-c5cccc6c5C(CCCCCCCC)(CCCCCCCC)c5ccccc5-6)cc43)c21. The normalized spacial score (nSPS) is 14.7. The second-order valence-electron chi connectivity index (χ2n) is 45.4. The van der Waals surface area contributed by atoms with Crippen molar-refractivity contribution >= 4 is 0 Å². The van der Waals surface area contributed by atoms with Gasteiger partial charge in [-0.2, -0.15) is 0 Å². The van der Waals surface area contributed by atoms with Crippen LogP contribution in [-0.2, 0) is 27.1 Å². The Labute approximate surface area is 856 Å². The monoisotopic (exact) mass is 1870 g/mol. The zero-order valence-corrected chi connectivity index (χ0v) is 89.2. The molecule has 18 rings (SSSR count). The third-order valence-electron chi connectivity index (χ3n) is 36.3. The van der Waals surface area contributed by atoms with Crippen LogP contribution in [0.25, 0.3) is 111 Å². The van der Waals surface area contributed by atoms with Crippen LogP contribution in [0, 0.1) is 0 Å². The summed E-state index contributed by atoms with van der Waals surface area (Å²) in [6.45, 7) is 19.0. The predicted molar refractivity (Wildman–Crippen MR) is 613 cm³/mol. The highest BCUT2D eigenvalue weighted by molar-refractivity contribution is 6.02. The first-order valence-corrected chi connectivity index (χ1v) is 59.2. The Morgan fingerprint density at radius 3 is 0.461 bits per heavy atom. The summed E-state index contributed by atoms with van der Waals surface area (Å²) in [5, 5.41) is 0. The van der Waals surface area contributed by atoms with Gasteiger partial charge in [0, 0.05) is 21.7 Å². The summed E-state index contributed by atoms with van der Waals surface area (Å²) in [7, 11) is 0. The third kappa shape index (κ3) is 20.3. The van der Waals surface area contributed by atoms with Gasteiger partial charge in [0.15, 0.2) is 0 Å². The van der Waals surface area contributed by atoms with Crippen molar-refractivity contribution in [2.24, 2.45) is 0 Å². The van der Waals surface area contributed by atoms with Crippen molar-refractivity contribution in [1.29, 1.82) is 0 Å². The molecule has 1 spiro atoms. The Bertz CT molecular complexity index is 5310. The quantitative estimate of drug-likeness (QED) is 0.0333. The van der Waals surface area contributed by atoms with Gasteiger partial charge in [0.1, 0.15) is 0 Å². The molecule has 0 saturated heterocycles. The van der Waals surface area contributed by atoms with E-state index in [0.29, 0.717) is 0 Å². The van der Waals surface area contributed by atoms with Crippen molar-refractivity contribution in [2.75, 3.05) is 0 Å². The minimum Gasteiger partial charge on any atom is -0.0654 e. The molecular formula is C141H176. The average molecular weight is 1870 g/mol. The molecule has 0 saturated carbocycles. The molecule has 0 N–H and O–H groups in total. The van der Waals surface area contributed by atoms with Gasteiger partial charge in [-0.05, 0) is 254 Å². The molecule has 0 amide bonds. The Hall–Kier alpha value is -9.36. The first-order chi connectivity index (χ1) is 69.7. The maximum atomic E-state index is 2.88. The zero-order chi connectivity index (χ0) is 96.9. The predicted octanol–water partition coefficient (Wildman–Crippen LogP) is 43.8. The molecule has 0 radical (unpaired) electrons. The molecule has 0 nitrogen and oxygen atoms in total. The summed E-state index contributed by atoms with van der Waals surface area (Å²) in [6, 6.07) is 103. The van der Waals surface area contributed by atoms with E-state index in [1.807, 2.05) is 0 Å². The maximum absolute atomic E-state index is 2.88. The van der Waals surface area contributed by atoms with E-state index in [1.165, 1.54) is 493 Å². The van der Waals surface area contributed by atoms with Crippen LogP contribution in [0.3, 0.4) is 0 Å². The van der Waals surface area contributed by atoms with E-state index in [1.54, 1.807) is 44.5 Å². The van der Waals surface area contributed by atoms with Gasteiger partial charge in [0.25, 0.3) is 0 Å². The Morgan fingerprint density at radius 2 is 0.277 bits per heavy atom. The van der Waals surface area contributed by atoms with Crippen LogP contribution in [0.4, 0.5) is 0 Å². The van der Waals surface area contributed by atoms with Crippen molar-refractivity contribution < 1.29 is 0 Å². The van der Waals surface area contributed by atoms with Crippen LogP contribution >= 0.6 is 0 Å². The lowest BCUT2D eigenvalue weighted by molar-refractivity contribution is 0.398. The van der Waals surface area contributed by atoms with Crippen molar-refractivity contribution in [3.05, 3.63) is 309 Å². The van der Waals surface area contributed by atoms with E-state index in [2.05, 4.69) is 298 Å². The van der Waals surface area contributed by atoms with Crippen molar-refractivity contribution in [3.63, 3.8) is 0 Å². The van der Waals surface area contributed by atoms with E-state index < -0.39 is 5.41 Å². The molecule has 6 aliphatic rings. The topological polar surface area (TPSA) is 0 Å². The van der Waals surface area contributed by atoms with Gasteiger partial charge in [-0.3, -0.25) is 0 Å². The second-order valence-corrected chi connectivity index (χ2v) is 45.4. The molecule has 0 heteroatoms. The number of benzene rings is 12. The fourth-order valence-electron chi connectivity index (χ4n) is 29.3. The Kier molecular flexibility index (Phi) is 35.0. The second kappa shape index (κ2) is 48.6. The summed E-state index contributed by atoms with van der Waals surface area (Å²) >= 11 is 0. The molecule has 12 aromatic rings. The first-order valence-electron chi connectivity index (χ1n) is 59.2. The van der Waals surface area contributed by atoms with Crippen LogP contribution in [0.5, 0.6) is 0 Å². The van der Waals surface area contributed by atoms with Gasteiger partial charge in [-0.15, -0.1) is 0 Å². The minimum atomic E-state index is -0.776. The minimum absolute atomic E-state index is 0.123. The summed E-state index contributed by atoms with van der Waals surface area (Å²) in [5.41, 5.74) is 45.9. The molecule has 6 aliphatic carbocycles. The lowest BCUT2D eigenvalue weighted by Crippen LogP contribution is -2.28. The van der Waals surface area contributed by atoms with Crippen LogP contribution in [-0.4, -0.2) is 0 Å². The summed E-state index contributed by atoms with van der Waals surface area (Å²) in [5.74, 6) is 0. The van der Waals surface area contributed by atoms with Gasteiger partial charge in [-0.25, -0.2) is 0 Å². The molecule has 0 bridgehead atoms. The van der Waals surface area contributed by atoms with Crippen molar-refractivity contribution in [3.8, 4) is 111 Å². The van der Waals surface area contributed by atoms with Crippen LogP contribution < -0.4 is 0 Å². The highest BCUT2D eigenvalue weighted by Crippen LogP contribution is 2.69. The molecular weight excluding hydrogens is 1690 g/mol. The van der Waals surface area contributed by atoms with E-state index >= 15 is 0 Å². The lowest BCUT2D eigenvalue weighted by Gasteiger charge is -2.36. The standard InChI is InChI=1S/C141H176/c1-9-17-25-33-41-57-93-137(94-58-42-34-26-18-10-2)125-81-53-49-69-113(125)121-77-65-73-109(133(121)137)105-85-89-117-118-90-86-106(110-74-66-78-122-114-70-50-54-82-126(114)138(134(110)122,95-59-43-35-27-19-11-3)96-60-44-36-28-20-12-4)102-130(118)141(129(117)101-105)131-103-107(111-75-67-79-123-115-71-51-55-83-127(115)139(135(111)123,97-61-45-37-29-21-13-5)98-62-46-38-30-22-14-6)87-91-119(131)120-92-88-108(104-132(120)141)112-76-68-80-124-116-72-52-56-84-128(116)140(136(112)124,99-63-47-39-31-23-15-7)100-64-48-40-32-24-16-8/h49-56,65-92,101-104H,9-48,57-64,93-100H2,1-8H3. The molecule has 0 heterocycles. The third-order valence-corrected chi connectivity index (χ3v) is 36.3. The Balaban J connectivity index is 0.913. The fourth-order valence-corrected chi connectivity index (χ4v) is 29.3. The van der Waals surface area contributed by atoms with E-state index in [-0.39, 0.29) is 21.7 Å². The molecule has 141 heavy (non-hydrogen) atoms. The lowest BCUT2D eigenvalue weighted by atomic mass is 9.66. The fraction of sp³-hybridized carbons (Fsp3) is 0.489. The average Bonchev–Trinajstić information content (AvgIpc) is 1.49. The number of rotatable bonds is 60. The number of hydrogen-bond acceptors (Lipinski definition) is 0. The maximum Gasteiger partial charge on any atom is 0.0726 e. The smallest absolute Gasteiger partial charge is 0.0654 e. The van der Waals surface area contributed by atoms with E-state index in [0.717, 1.165) is 0 Å². The first kappa shape index (κ1) is 102. The van der Waals surface area contributed by atoms with Crippen LogP contribution in [0.2, 0.25) is 0 Å². The number of hydrogen-bond donors (Lipinski definition) is 0. The van der Waals surface area contributed by atoms with Gasteiger partial charge in [-0.1, -0.05) is 582 Å². The van der Waals surface area contributed by atoms with Crippen molar-refractivity contribution in [1.82, 2.24) is 0 Å². The highest BCUT2D eigenvalue weighted by Gasteiger charge is 2.55. The van der Waals surface area contributed by atoms with Crippen LogP contribution in [0.15, 0.2) is 243 Å². The molecule has 0 unspecified atom stereocenters. The molecule has 12 aromatic carbocycles. The van der Waals surface area contributed by atoms with Crippen LogP contribution in [0.1, 0.15) is 482 Å². The van der Waals surface area contributed by atoms with E-state index in [4.69, 9.17) is 0 Å². The van der Waals surface area contributed by atoms with E-state index in [9.17, 15) is 0 Å². The van der Waals surface area contributed by atoms with Gasteiger partial charge >= 0.3 is 0 Å². The number of fused-ring (bicyclic) bond motifs is 22. The molecule has 0 aliphatic heterocycles.